The molecule has 10 nitrogen and oxygen atoms in total. The van der Waals surface area contributed by atoms with Crippen LogP contribution >= 0.6 is 0 Å². The number of hydrogen-bond acceptors (Lipinski definition) is 7. The quantitative estimate of drug-likeness (QED) is 0.600. The highest BCUT2D eigenvalue weighted by atomic mass is 32.2. The molecule has 2 heterocycles. The molecule has 0 aliphatic carbocycles. The van der Waals surface area contributed by atoms with Crippen LogP contribution < -0.4 is 10.1 Å². The largest absolute Gasteiger partial charge is 0.495 e. The van der Waals surface area contributed by atoms with Gasteiger partial charge in [-0.15, -0.1) is 0 Å². The standard InChI is InChI=1S/C21H27N3O7S/c1-5-31-21(26)18-13(2)19(22-14(18)3)20(25)23-16-12-15(6-7-17(16)29-4)32(27,28)24-8-10-30-11-9-24/h6-7,12,22H,5,8-11H2,1-4H3,(H,23,25). The molecular weight excluding hydrogens is 438 g/mol. The number of anilines is 1. The van der Waals surface area contributed by atoms with Crippen molar-refractivity contribution in [2.24, 2.45) is 0 Å². The number of amides is 1. The predicted octanol–water partition coefficient (Wildman–Crippen LogP) is 2.09. The number of ether oxygens (including phenoxy) is 3. The van der Waals surface area contributed by atoms with Crippen molar-refractivity contribution in [2.75, 3.05) is 45.3 Å². The number of hydrogen-bond donors (Lipinski definition) is 2. The second-order valence-corrected chi connectivity index (χ2v) is 9.12. The summed E-state index contributed by atoms with van der Waals surface area (Å²) in [6, 6.07) is 4.28. The molecule has 32 heavy (non-hydrogen) atoms. The average molecular weight is 466 g/mol. The number of nitrogens with zero attached hydrogens (tertiary/aromatic N) is 1. The van der Waals surface area contributed by atoms with Crippen molar-refractivity contribution < 1.29 is 32.2 Å². The predicted molar refractivity (Wildman–Crippen MR) is 117 cm³/mol. The van der Waals surface area contributed by atoms with E-state index in [-0.39, 0.29) is 36.0 Å². The third-order valence-electron chi connectivity index (χ3n) is 5.17. The number of aromatic amines is 1. The van der Waals surface area contributed by atoms with Gasteiger partial charge in [0.05, 0.1) is 43.1 Å². The molecule has 0 bridgehead atoms. The zero-order valence-electron chi connectivity index (χ0n) is 18.5. The number of sulfonamides is 1. The summed E-state index contributed by atoms with van der Waals surface area (Å²) in [5, 5.41) is 2.69. The van der Waals surface area contributed by atoms with Gasteiger partial charge < -0.3 is 24.5 Å². The van der Waals surface area contributed by atoms with E-state index in [1.165, 1.54) is 29.6 Å². The third-order valence-corrected chi connectivity index (χ3v) is 7.07. The Balaban J connectivity index is 1.92. The minimum absolute atomic E-state index is 0.0297. The van der Waals surface area contributed by atoms with Crippen LogP contribution in [0.5, 0.6) is 5.75 Å². The summed E-state index contributed by atoms with van der Waals surface area (Å²) < 4.78 is 42.9. The highest BCUT2D eigenvalue weighted by Gasteiger charge is 2.28. The van der Waals surface area contributed by atoms with Crippen LogP contribution in [0.4, 0.5) is 5.69 Å². The molecule has 1 aromatic carbocycles. The van der Waals surface area contributed by atoms with Crippen molar-refractivity contribution in [2.45, 2.75) is 25.7 Å². The number of benzene rings is 1. The number of nitrogens with one attached hydrogen (secondary N) is 2. The van der Waals surface area contributed by atoms with Crippen LogP contribution in [0.2, 0.25) is 0 Å². The number of rotatable bonds is 7. The van der Waals surface area contributed by atoms with Crippen LogP contribution in [-0.2, 0) is 19.5 Å². The number of aryl methyl sites for hydroxylation is 1. The fourth-order valence-corrected chi connectivity index (χ4v) is 4.99. The lowest BCUT2D eigenvalue weighted by molar-refractivity contribution is 0.0525. The van der Waals surface area contributed by atoms with Crippen LogP contribution in [0, 0.1) is 13.8 Å². The van der Waals surface area contributed by atoms with Crippen molar-refractivity contribution in [1.82, 2.24) is 9.29 Å². The molecule has 1 aromatic heterocycles. The van der Waals surface area contributed by atoms with E-state index in [9.17, 15) is 18.0 Å². The van der Waals surface area contributed by atoms with Crippen molar-refractivity contribution in [3.63, 3.8) is 0 Å². The Morgan fingerprint density at radius 3 is 2.53 bits per heavy atom. The summed E-state index contributed by atoms with van der Waals surface area (Å²) in [4.78, 5) is 28.1. The molecule has 2 N–H and O–H groups in total. The number of carbonyl (C=O) groups is 2. The van der Waals surface area contributed by atoms with E-state index in [1.807, 2.05) is 0 Å². The lowest BCUT2D eigenvalue weighted by atomic mass is 10.1. The fourth-order valence-electron chi connectivity index (χ4n) is 3.55. The first-order valence-corrected chi connectivity index (χ1v) is 11.6. The van der Waals surface area contributed by atoms with E-state index in [1.54, 1.807) is 20.8 Å². The Kier molecular flexibility index (Phi) is 7.22. The summed E-state index contributed by atoms with van der Waals surface area (Å²) in [5.74, 6) is -0.764. The molecule has 1 fully saturated rings. The Labute approximate surface area is 186 Å². The number of morpholine rings is 1. The van der Waals surface area contributed by atoms with Gasteiger partial charge >= 0.3 is 5.97 Å². The van der Waals surface area contributed by atoms with Crippen molar-refractivity contribution in [3.8, 4) is 5.75 Å². The number of methoxy groups -OCH3 is 1. The molecule has 2 aromatic rings. The number of H-pyrrole nitrogens is 1. The Morgan fingerprint density at radius 2 is 1.91 bits per heavy atom. The van der Waals surface area contributed by atoms with Crippen LogP contribution in [0.25, 0.3) is 0 Å². The minimum atomic E-state index is -3.76. The first-order valence-electron chi connectivity index (χ1n) is 10.1. The third kappa shape index (κ3) is 4.64. The smallest absolute Gasteiger partial charge is 0.340 e. The van der Waals surface area contributed by atoms with Gasteiger partial charge in [0.25, 0.3) is 5.91 Å². The number of esters is 1. The summed E-state index contributed by atoms with van der Waals surface area (Å²) in [6.07, 6.45) is 0. The van der Waals surface area contributed by atoms with Crippen LogP contribution in [0.3, 0.4) is 0 Å². The van der Waals surface area contributed by atoms with Gasteiger partial charge in [0.2, 0.25) is 10.0 Å². The highest BCUT2D eigenvalue weighted by Crippen LogP contribution is 2.30. The molecule has 11 heteroatoms. The maximum atomic E-state index is 13.0. The van der Waals surface area contributed by atoms with Crippen LogP contribution in [0.1, 0.15) is 39.0 Å². The van der Waals surface area contributed by atoms with Gasteiger partial charge in [0, 0.05) is 18.8 Å². The van der Waals surface area contributed by atoms with Crippen molar-refractivity contribution in [3.05, 3.63) is 40.7 Å². The Morgan fingerprint density at radius 1 is 1.22 bits per heavy atom. The topological polar surface area (TPSA) is 127 Å². The first-order chi connectivity index (χ1) is 15.2. The van der Waals surface area contributed by atoms with Crippen LogP contribution in [0.15, 0.2) is 23.1 Å². The number of carbonyl (C=O) groups excluding carboxylic acids is 2. The monoisotopic (exact) mass is 465 g/mol. The molecule has 1 aliphatic rings. The first kappa shape index (κ1) is 23.8. The molecule has 0 spiro atoms. The Bertz CT molecular complexity index is 1120. The molecule has 3 rings (SSSR count). The molecule has 1 saturated heterocycles. The van der Waals surface area contributed by atoms with Crippen LogP contribution in [-0.4, -0.2) is 69.6 Å². The van der Waals surface area contributed by atoms with E-state index >= 15 is 0 Å². The van der Waals surface area contributed by atoms with E-state index in [0.29, 0.717) is 35.8 Å². The van der Waals surface area contributed by atoms with E-state index in [0.717, 1.165) is 0 Å². The zero-order valence-corrected chi connectivity index (χ0v) is 19.3. The second-order valence-electron chi connectivity index (χ2n) is 7.18. The van der Waals surface area contributed by atoms with Crippen molar-refractivity contribution in [1.29, 1.82) is 0 Å². The van der Waals surface area contributed by atoms with Gasteiger partial charge in [-0.3, -0.25) is 4.79 Å². The van der Waals surface area contributed by atoms with Gasteiger partial charge in [-0.1, -0.05) is 0 Å². The van der Waals surface area contributed by atoms with Gasteiger partial charge in [0.15, 0.2) is 0 Å². The normalized spacial score (nSPS) is 14.8. The summed E-state index contributed by atoms with van der Waals surface area (Å²) in [7, 11) is -2.34. The maximum absolute atomic E-state index is 13.0. The molecule has 0 saturated carbocycles. The summed E-state index contributed by atoms with van der Waals surface area (Å²) in [5.41, 5.74) is 1.61. The molecule has 1 aliphatic heterocycles. The van der Waals surface area contributed by atoms with Gasteiger partial charge in [0.1, 0.15) is 11.4 Å². The fraction of sp³-hybridized carbons (Fsp3) is 0.429. The lowest BCUT2D eigenvalue weighted by Crippen LogP contribution is -2.40. The van der Waals surface area contributed by atoms with E-state index in [2.05, 4.69) is 10.3 Å². The summed E-state index contributed by atoms with van der Waals surface area (Å²) in [6.45, 7) is 6.40. The summed E-state index contributed by atoms with van der Waals surface area (Å²) >= 11 is 0. The highest BCUT2D eigenvalue weighted by molar-refractivity contribution is 7.89. The van der Waals surface area contributed by atoms with Gasteiger partial charge in [-0.2, -0.15) is 4.31 Å². The average Bonchev–Trinajstić information content (AvgIpc) is 3.08. The number of aromatic nitrogens is 1. The molecule has 1 amide bonds. The second kappa shape index (κ2) is 9.72. The van der Waals surface area contributed by atoms with Crippen molar-refractivity contribution >= 4 is 27.6 Å². The Hall–Kier alpha value is -2.89. The SMILES string of the molecule is CCOC(=O)c1c(C)[nH]c(C(=O)Nc2cc(S(=O)(=O)N3CCOCC3)ccc2OC)c1C. The lowest BCUT2D eigenvalue weighted by Gasteiger charge is -2.26. The van der Waals surface area contributed by atoms with Gasteiger partial charge in [-0.05, 0) is 44.5 Å². The molecular formula is C21H27N3O7S. The molecule has 0 atom stereocenters. The zero-order chi connectivity index (χ0) is 23.5. The maximum Gasteiger partial charge on any atom is 0.340 e. The van der Waals surface area contributed by atoms with E-state index < -0.39 is 21.9 Å². The molecule has 0 radical (unpaired) electrons. The van der Waals surface area contributed by atoms with E-state index in [4.69, 9.17) is 14.2 Å². The molecule has 0 unspecified atom stereocenters. The molecule has 174 valence electrons. The minimum Gasteiger partial charge on any atom is -0.495 e. The van der Waals surface area contributed by atoms with Gasteiger partial charge in [-0.25, -0.2) is 13.2 Å².